The van der Waals surface area contributed by atoms with Crippen LogP contribution in [0.25, 0.3) is 0 Å². The number of aromatic amines is 1. The number of nitrogens with zero attached hydrogens (tertiary/aromatic N) is 1. The third kappa shape index (κ3) is 3.64. The SMILES string of the molecule is Cc1ccc(Nc2cc(C(C)(C)C)[nH]c(=S)n2)cc1. The lowest BCUT2D eigenvalue weighted by molar-refractivity contribution is 0.566. The van der Waals surface area contributed by atoms with Gasteiger partial charge in [-0.05, 0) is 31.3 Å². The molecule has 0 atom stereocenters. The van der Waals surface area contributed by atoms with Crippen LogP contribution in [-0.4, -0.2) is 9.97 Å². The summed E-state index contributed by atoms with van der Waals surface area (Å²) in [6, 6.07) is 10.2. The minimum Gasteiger partial charge on any atom is -0.340 e. The number of rotatable bonds is 2. The molecular weight excluding hydrogens is 254 g/mol. The number of hydrogen-bond donors (Lipinski definition) is 2. The summed E-state index contributed by atoms with van der Waals surface area (Å²) in [6.45, 7) is 8.49. The first-order valence-electron chi connectivity index (χ1n) is 6.30. The Balaban J connectivity index is 2.33. The average Bonchev–Trinajstić information content (AvgIpc) is 2.30. The van der Waals surface area contributed by atoms with Gasteiger partial charge in [-0.15, -0.1) is 0 Å². The second kappa shape index (κ2) is 5.13. The van der Waals surface area contributed by atoms with Gasteiger partial charge in [0.15, 0.2) is 4.77 Å². The Labute approximate surface area is 119 Å². The van der Waals surface area contributed by atoms with E-state index in [4.69, 9.17) is 12.2 Å². The fourth-order valence-electron chi connectivity index (χ4n) is 1.71. The van der Waals surface area contributed by atoms with Crippen LogP contribution >= 0.6 is 12.2 Å². The first kappa shape index (κ1) is 13.7. The predicted molar refractivity (Wildman–Crippen MR) is 82.6 cm³/mol. The van der Waals surface area contributed by atoms with E-state index in [0.717, 1.165) is 17.2 Å². The maximum Gasteiger partial charge on any atom is 0.198 e. The molecule has 1 aromatic carbocycles. The van der Waals surface area contributed by atoms with Gasteiger partial charge >= 0.3 is 0 Å². The second-order valence-electron chi connectivity index (χ2n) is 5.73. The van der Waals surface area contributed by atoms with Crippen molar-refractivity contribution in [1.29, 1.82) is 0 Å². The Kier molecular flexibility index (Phi) is 3.71. The Morgan fingerprint density at radius 2 is 1.79 bits per heavy atom. The van der Waals surface area contributed by atoms with Crippen LogP contribution in [0, 0.1) is 11.7 Å². The normalized spacial score (nSPS) is 11.4. The van der Waals surface area contributed by atoms with Gasteiger partial charge in [-0.2, -0.15) is 0 Å². The number of nitrogens with one attached hydrogen (secondary N) is 2. The van der Waals surface area contributed by atoms with Gasteiger partial charge in [-0.1, -0.05) is 38.5 Å². The molecular formula is C15H19N3S. The lowest BCUT2D eigenvalue weighted by Gasteiger charge is -2.19. The fraction of sp³-hybridized carbons (Fsp3) is 0.333. The number of anilines is 2. The Bertz CT molecular complexity index is 621. The molecule has 0 saturated heterocycles. The van der Waals surface area contributed by atoms with E-state index in [1.54, 1.807) is 0 Å². The summed E-state index contributed by atoms with van der Waals surface area (Å²) >= 11 is 5.19. The lowest BCUT2D eigenvalue weighted by atomic mass is 9.92. The smallest absolute Gasteiger partial charge is 0.198 e. The minimum absolute atomic E-state index is 0.0141. The molecule has 0 unspecified atom stereocenters. The maximum absolute atomic E-state index is 5.19. The van der Waals surface area contributed by atoms with Crippen LogP contribution in [0.5, 0.6) is 0 Å². The molecule has 0 spiro atoms. The quantitative estimate of drug-likeness (QED) is 0.792. The van der Waals surface area contributed by atoms with E-state index >= 15 is 0 Å². The van der Waals surface area contributed by atoms with Gasteiger partial charge in [0.1, 0.15) is 5.82 Å². The summed E-state index contributed by atoms with van der Waals surface area (Å²) in [5.41, 5.74) is 3.33. The van der Waals surface area contributed by atoms with Crippen LogP contribution in [-0.2, 0) is 5.41 Å². The van der Waals surface area contributed by atoms with E-state index < -0.39 is 0 Å². The average molecular weight is 273 g/mol. The monoisotopic (exact) mass is 273 g/mol. The van der Waals surface area contributed by atoms with Crippen molar-refractivity contribution < 1.29 is 0 Å². The van der Waals surface area contributed by atoms with Crippen molar-refractivity contribution in [3.05, 3.63) is 46.4 Å². The van der Waals surface area contributed by atoms with Crippen molar-refractivity contribution >= 4 is 23.7 Å². The summed E-state index contributed by atoms with van der Waals surface area (Å²) in [5, 5.41) is 3.29. The van der Waals surface area contributed by atoms with Crippen LogP contribution in [0.1, 0.15) is 32.0 Å². The maximum atomic E-state index is 5.19. The zero-order valence-electron chi connectivity index (χ0n) is 11.7. The molecule has 0 amide bonds. The largest absolute Gasteiger partial charge is 0.340 e. The van der Waals surface area contributed by atoms with Crippen molar-refractivity contribution in [2.45, 2.75) is 33.1 Å². The number of aromatic nitrogens is 2. The van der Waals surface area contributed by atoms with Gasteiger partial charge in [0.2, 0.25) is 0 Å². The molecule has 0 saturated carbocycles. The van der Waals surface area contributed by atoms with Gasteiger partial charge in [-0.3, -0.25) is 0 Å². The van der Waals surface area contributed by atoms with E-state index in [9.17, 15) is 0 Å². The highest BCUT2D eigenvalue weighted by Crippen LogP contribution is 2.23. The van der Waals surface area contributed by atoms with Crippen molar-refractivity contribution in [3.63, 3.8) is 0 Å². The number of H-pyrrole nitrogens is 1. The van der Waals surface area contributed by atoms with E-state index in [0.29, 0.717) is 4.77 Å². The summed E-state index contributed by atoms with van der Waals surface area (Å²) in [4.78, 5) is 7.46. The van der Waals surface area contributed by atoms with E-state index in [-0.39, 0.29) is 5.41 Å². The highest BCUT2D eigenvalue weighted by atomic mass is 32.1. The Morgan fingerprint density at radius 1 is 1.16 bits per heavy atom. The second-order valence-corrected chi connectivity index (χ2v) is 6.11. The molecule has 0 radical (unpaired) electrons. The molecule has 4 heteroatoms. The molecule has 0 aliphatic heterocycles. The number of benzene rings is 1. The highest BCUT2D eigenvalue weighted by molar-refractivity contribution is 7.71. The molecule has 2 N–H and O–H groups in total. The molecule has 0 bridgehead atoms. The molecule has 19 heavy (non-hydrogen) atoms. The topological polar surface area (TPSA) is 40.7 Å². The van der Waals surface area contributed by atoms with Gasteiger partial charge < -0.3 is 10.3 Å². The van der Waals surface area contributed by atoms with Crippen LogP contribution < -0.4 is 5.32 Å². The van der Waals surface area contributed by atoms with Crippen molar-refractivity contribution in [3.8, 4) is 0 Å². The van der Waals surface area contributed by atoms with Crippen LogP contribution in [0.3, 0.4) is 0 Å². The van der Waals surface area contributed by atoms with Gasteiger partial charge in [0, 0.05) is 22.9 Å². The van der Waals surface area contributed by atoms with Gasteiger partial charge in [0.05, 0.1) is 0 Å². The Morgan fingerprint density at radius 3 is 2.37 bits per heavy atom. The van der Waals surface area contributed by atoms with Crippen LogP contribution in [0.15, 0.2) is 30.3 Å². The first-order valence-corrected chi connectivity index (χ1v) is 6.71. The van der Waals surface area contributed by atoms with Crippen LogP contribution in [0.4, 0.5) is 11.5 Å². The standard InChI is InChI=1S/C15H19N3S/c1-10-5-7-11(8-6-10)16-13-9-12(15(2,3)4)17-14(19)18-13/h5-9H,1-4H3,(H2,16,17,18,19). The Hall–Kier alpha value is -1.68. The lowest BCUT2D eigenvalue weighted by Crippen LogP contribution is -2.14. The van der Waals surface area contributed by atoms with Gasteiger partial charge in [-0.25, -0.2) is 4.98 Å². The third-order valence-electron chi connectivity index (χ3n) is 2.88. The fourth-order valence-corrected chi connectivity index (χ4v) is 1.92. The molecule has 0 aliphatic rings. The van der Waals surface area contributed by atoms with Crippen molar-refractivity contribution in [1.82, 2.24) is 9.97 Å². The number of aryl methyl sites for hydroxylation is 1. The summed E-state index contributed by atoms with van der Waals surface area (Å²) < 4.78 is 0.502. The predicted octanol–water partition coefficient (Wildman–Crippen LogP) is 4.49. The van der Waals surface area contributed by atoms with E-state index in [1.807, 2.05) is 18.2 Å². The summed E-state index contributed by atoms with van der Waals surface area (Å²) in [7, 11) is 0. The summed E-state index contributed by atoms with van der Waals surface area (Å²) in [6.07, 6.45) is 0. The molecule has 2 rings (SSSR count). The molecule has 0 fully saturated rings. The first-order chi connectivity index (χ1) is 8.84. The van der Waals surface area contributed by atoms with Crippen molar-refractivity contribution in [2.75, 3.05) is 5.32 Å². The van der Waals surface area contributed by atoms with Gasteiger partial charge in [0.25, 0.3) is 0 Å². The minimum atomic E-state index is 0.0141. The summed E-state index contributed by atoms with van der Waals surface area (Å²) in [5.74, 6) is 0.775. The zero-order chi connectivity index (χ0) is 14.0. The molecule has 0 aliphatic carbocycles. The molecule has 1 heterocycles. The zero-order valence-corrected chi connectivity index (χ0v) is 12.6. The van der Waals surface area contributed by atoms with Crippen LogP contribution in [0.2, 0.25) is 0 Å². The van der Waals surface area contributed by atoms with E-state index in [2.05, 4.69) is 55.1 Å². The van der Waals surface area contributed by atoms with Crippen molar-refractivity contribution in [2.24, 2.45) is 0 Å². The molecule has 2 aromatic rings. The molecule has 1 aromatic heterocycles. The highest BCUT2D eigenvalue weighted by Gasteiger charge is 2.15. The molecule has 100 valence electrons. The third-order valence-corrected chi connectivity index (χ3v) is 3.07. The molecule has 3 nitrogen and oxygen atoms in total. The van der Waals surface area contributed by atoms with E-state index in [1.165, 1.54) is 5.56 Å². The number of hydrogen-bond acceptors (Lipinski definition) is 3.